The van der Waals surface area contributed by atoms with Crippen LogP contribution in [0.4, 0.5) is 0 Å². The van der Waals surface area contributed by atoms with Gasteiger partial charge in [0.25, 0.3) is 0 Å². The maximum atomic E-state index is 9.68. The average molecular weight is 259 g/mol. The quantitative estimate of drug-likeness (QED) is 0.771. The molecule has 2 aromatic rings. The van der Waals surface area contributed by atoms with Crippen molar-refractivity contribution < 1.29 is 5.11 Å². The maximum absolute atomic E-state index is 9.68. The van der Waals surface area contributed by atoms with E-state index in [1.807, 2.05) is 12.3 Å². The number of rotatable bonds is 5. The van der Waals surface area contributed by atoms with Crippen LogP contribution >= 0.6 is 0 Å². The fourth-order valence-corrected chi connectivity index (χ4v) is 2.00. The van der Waals surface area contributed by atoms with Gasteiger partial charge in [-0.1, -0.05) is 23.8 Å². The molecule has 0 spiro atoms. The Morgan fingerprint density at radius 3 is 2.84 bits per heavy atom. The second-order valence-corrected chi connectivity index (χ2v) is 5.56. The van der Waals surface area contributed by atoms with Crippen molar-refractivity contribution in [2.45, 2.75) is 32.9 Å². The molecule has 2 rings (SSSR count). The number of aromatic nitrogens is 2. The van der Waals surface area contributed by atoms with Gasteiger partial charge in [-0.05, 0) is 26.8 Å². The highest BCUT2D eigenvalue weighted by Gasteiger charge is 2.13. The molecule has 4 heteroatoms. The van der Waals surface area contributed by atoms with Crippen LogP contribution in [0.5, 0.6) is 0 Å². The van der Waals surface area contributed by atoms with Gasteiger partial charge in [-0.2, -0.15) is 5.10 Å². The molecule has 1 aromatic heterocycles. The first-order chi connectivity index (χ1) is 8.96. The molecule has 0 aliphatic rings. The van der Waals surface area contributed by atoms with Gasteiger partial charge < -0.3 is 10.4 Å². The zero-order valence-electron chi connectivity index (χ0n) is 11.7. The van der Waals surface area contributed by atoms with E-state index < -0.39 is 5.60 Å². The number of hydrogen-bond donors (Lipinski definition) is 3. The molecule has 1 aromatic carbocycles. The van der Waals surface area contributed by atoms with Crippen LogP contribution in [0.2, 0.25) is 0 Å². The van der Waals surface area contributed by atoms with Crippen molar-refractivity contribution in [2.24, 2.45) is 0 Å². The Kier molecular flexibility index (Phi) is 4.02. The number of nitrogens with zero attached hydrogens (tertiary/aromatic N) is 1. The minimum atomic E-state index is -0.701. The lowest BCUT2D eigenvalue weighted by molar-refractivity contribution is 0.0795. The molecule has 0 unspecified atom stereocenters. The van der Waals surface area contributed by atoms with Crippen LogP contribution in [0.25, 0.3) is 11.3 Å². The first-order valence-electron chi connectivity index (χ1n) is 6.48. The topological polar surface area (TPSA) is 60.9 Å². The van der Waals surface area contributed by atoms with Crippen LogP contribution in [0.15, 0.2) is 30.5 Å². The minimum Gasteiger partial charge on any atom is -0.389 e. The predicted octanol–water partition coefficient (Wildman–Crippen LogP) is 2.25. The molecular weight excluding hydrogens is 238 g/mol. The molecule has 102 valence electrons. The highest BCUT2D eigenvalue weighted by atomic mass is 16.3. The number of aryl methyl sites for hydroxylation is 1. The molecule has 0 aliphatic heterocycles. The largest absolute Gasteiger partial charge is 0.389 e. The lowest BCUT2D eigenvalue weighted by Gasteiger charge is -2.17. The summed E-state index contributed by atoms with van der Waals surface area (Å²) in [6.07, 6.45) is 1.83. The van der Waals surface area contributed by atoms with Crippen LogP contribution < -0.4 is 5.32 Å². The van der Waals surface area contributed by atoms with Crippen LogP contribution in [0.1, 0.15) is 25.0 Å². The SMILES string of the molecule is Cc1cccc(-c2[nH]ncc2CNCC(C)(C)O)c1. The molecule has 3 N–H and O–H groups in total. The zero-order chi connectivity index (χ0) is 13.9. The number of aliphatic hydroxyl groups is 1. The first-order valence-corrected chi connectivity index (χ1v) is 6.48. The molecule has 0 amide bonds. The molecule has 0 atom stereocenters. The van der Waals surface area contributed by atoms with Crippen molar-refractivity contribution in [3.05, 3.63) is 41.6 Å². The van der Waals surface area contributed by atoms with Gasteiger partial charge in [-0.25, -0.2) is 0 Å². The zero-order valence-corrected chi connectivity index (χ0v) is 11.7. The van der Waals surface area contributed by atoms with Gasteiger partial charge in [0.2, 0.25) is 0 Å². The number of H-pyrrole nitrogens is 1. The number of benzene rings is 1. The third-order valence-electron chi connectivity index (χ3n) is 2.90. The molecule has 0 aliphatic carbocycles. The summed E-state index contributed by atoms with van der Waals surface area (Å²) < 4.78 is 0. The van der Waals surface area contributed by atoms with E-state index >= 15 is 0 Å². The van der Waals surface area contributed by atoms with Gasteiger partial charge in [0.15, 0.2) is 0 Å². The third-order valence-corrected chi connectivity index (χ3v) is 2.90. The van der Waals surface area contributed by atoms with Crippen molar-refractivity contribution >= 4 is 0 Å². The van der Waals surface area contributed by atoms with E-state index in [1.54, 1.807) is 13.8 Å². The Morgan fingerprint density at radius 1 is 1.37 bits per heavy atom. The van der Waals surface area contributed by atoms with Crippen LogP contribution in [0.3, 0.4) is 0 Å². The lowest BCUT2D eigenvalue weighted by atomic mass is 10.1. The van der Waals surface area contributed by atoms with Crippen molar-refractivity contribution in [2.75, 3.05) is 6.54 Å². The second-order valence-electron chi connectivity index (χ2n) is 5.56. The van der Waals surface area contributed by atoms with Crippen LogP contribution in [-0.4, -0.2) is 27.4 Å². The Hall–Kier alpha value is -1.65. The van der Waals surface area contributed by atoms with E-state index in [-0.39, 0.29) is 0 Å². The summed E-state index contributed by atoms with van der Waals surface area (Å²) in [5, 5.41) is 20.1. The van der Waals surface area contributed by atoms with Crippen molar-refractivity contribution in [1.82, 2.24) is 15.5 Å². The standard InChI is InChI=1S/C15H21N3O/c1-11-5-4-6-12(7-11)14-13(9-17-18-14)8-16-10-15(2,3)19/h4-7,9,16,19H,8,10H2,1-3H3,(H,17,18). The molecule has 0 saturated heterocycles. The normalized spacial score (nSPS) is 11.8. The average Bonchev–Trinajstić information content (AvgIpc) is 2.75. The molecule has 0 fully saturated rings. The van der Waals surface area contributed by atoms with Gasteiger partial charge in [0.05, 0.1) is 17.5 Å². The number of hydrogen-bond acceptors (Lipinski definition) is 3. The first kappa shape index (κ1) is 13.8. The van der Waals surface area contributed by atoms with E-state index in [4.69, 9.17) is 0 Å². The summed E-state index contributed by atoms with van der Waals surface area (Å²) in [5.41, 5.74) is 3.80. The van der Waals surface area contributed by atoms with Gasteiger partial charge in [0, 0.05) is 24.2 Å². The van der Waals surface area contributed by atoms with Gasteiger partial charge in [-0.3, -0.25) is 5.10 Å². The summed E-state index contributed by atoms with van der Waals surface area (Å²) in [6.45, 7) is 6.88. The molecule has 0 radical (unpaired) electrons. The van der Waals surface area contributed by atoms with Crippen molar-refractivity contribution in [1.29, 1.82) is 0 Å². The van der Waals surface area contributed by atoms with E-state index in [0.29, 0.717) is 13.1 Å². The molecule has 0 saturated carbocycles. The number of nitrogens with one attached hydrogen (secondary N) is 2. The lowest BCUT2D eigenvalue weighted by Crippen LogP contribution is -2.34. The van der Waals surface area contributed by atoms with Gasteiger partial charge in [-0.15, -0.1) is 0 Å². The van der Waals surface area contributed by atoms with E-state index in [9.17, 15) is 5.11 Å². The summed E-state index contributed by atoms with van der Waals surface area (Å²) in [5.74, 6) is 0. The minimum absolute atomic E-state index is 0.547. The highest BCUT2D eigenvalue weighted by molar-refractivity contribution is 5.63. The Labute approximate surface area is 113 Å². The third kappa shape index (κ3) is 3.91. The highest BCUT2D eigenvalue weighted by Crippen LogP contribution is 2.21. The van der Waals surface area contributed by atoms with E-state index in [1.165, 1.54) is 5.56 Å². The van der Waals surface area contributed by atoms with E-state index in [0.717, 1.165) is 16.8 Å². The summed E-state index contributed by atoms with van der Waals surface area (Å²) in [4.78, 5) is 0. The monoisotopic (exact) mass is 259 g/mol. The van der Waals surface area contributed by atoms with E-state index in [2.05, 4.69) is 40.6 Å². The summed E-state index contributed by atoms with van der Waals surface area (Å²) in [6, 6.07) is 8.32. The predicted molar refractivity (Wildman–Crippen MR) is 76.8 cm³/mol. The molecule has 0 bridgehead atoms. The van der Waals surface area contributed by atoms with Crippen molar-refractivity contribution in [3.63, 3.8) is 0 Å². The summed E-state index contributed by atoms with van der Waals surface area (Å²) >= 11 is 0. The summed E-state index contributed by atoms with van der Waals surface area (Å²) in [7, 11) is 0. The molecule has 1 heterocycles. The maximum Gasteiger partial charge on any atom is 0.0715 e. The second kappa shape index (κ2) is 5.55. The molecule has 4 nitrogen and oxygen atoms in total. The number of aromatic amines is 1. The van der Waals surface area contributed by atoms with Crippen LogP contribution in [0, 0.1) is 6.92 Å². The fourth-order valence-electron chi connectivity index (χ4n) is 2.00. The Morgan fingerprint density at radius 2 is 2.16 bits per heavy atom. The fraction of sp³-hybridized carbons (Fsp3) is 0.400. The van der Waals surface area contributed by atoms with Gasteiger partial charge >= 0.3 is 0 Å². The van der Waals surface area contributed by atoms with Crippen LogP contribution in [-0.2, 0) is 6.54 Å². The van der Waals surface area contributed by atoms with Gasteiger partial charge in [0.1, 0.15) is 0 Å². The molecular formula is C15H21N3O. The Bertz CT molecular complexity index is 540. The van der Waals surface area contributed by atoms with Crippen molar-refractivity contribution in [3.8, 4) is 11.3 Å². The smallest absolute Gasteiger partial charge is 0.0715 e. The Balaban J connectivity index is 2.10. The molecule has 19 heavy (non-hydrogen) atoms.